The number of phenols is 2. The van der Waals surface area contributed by atoms with E-state index in [0.29, 0.717) is 0 Å². The molecule has 3 aliphatic heterocycles. The number of hydrogen-bond donors (Lipinski definition) is 10. The van der Waals surface area contributed by atoms with Crippen molar-refractivity contribution in [2.75, 3.05) is 13.7 Å². The van der Waals surface area contributed by atoms with E-state index in [1.165, 1.54) is 51.3 Å². The fourth-order valence-corrected chi connectivity index (χ4v) is 6.31. The van der Waals surface area contributed by atoms with Crippen molar-refractivity contribution in [2.24, 2.45) is 0 Å². The molecule has 3 fully saturated rings. The molecule has 3 aliphatic rings. The van der Waals surface area contributed by atoms with Crippen molar-refractivity contribution in [3.8, 4) is 34.3 Å². The highest BCUT2D eigenvalue weighted by atomic mass is 16.8. The van der Waals surface area contributed by atoms with Crippen LogP contribution in [-0.4, -0.2) is 157 Å². The van der Waals surface area contributed by atoms with Crippen LogP contribution in [0.5, 0.6) is 23.0 Å². The first-order valence-electron chi connectivity index (χ1n) is 16.6. The predicted octanol–water partition coefficient (Wildman–Crippen LogP) is -2.24. The Morgan fingerprint density at radius 2 is 1.30 bits per heavy atom. The molecule has 1 aromatic heterocycles. The van der Waals surface area contributed by atoms with Gasteiger partial charge in [0.05, 0.1) is 25.9 Å². The summed E-state index contributed by atoms with van der Waals surface area (Å²) < 4.78 is 45.8. The Hall–Kier alpha value is -3.67. The maximum Gasteiger partial charge on any atom is 0.239 e. The van der Waals surface area contributed by atoms with Crippen LogP contribution in [0, 0.1) is 0 Å². The number of ether oxygens (including phenoxy) is 7. The van der Waals surface area contributed by atoms with Crippen LogP contribution in [0.2, 0.25) is 0 Å². The molecule has 0 spiro atoms. The first-order valence-corrected chi connectivity index (χ1v) is 16.6. The lowest BCUT2D eigenvalue weighted by Gasteiger charge is -2.46. The Morgan fingerprint density at radius 3 is 1.92 bits per heavy atom. The Kier molecular flexibility index (Phi) is 11.5. The van der Waals surface area contributed by atoms with Gasteiger partial charge in [-0.1, -0.05) is 0 Å². The van der Waals surface area contributed by atoms with E-state index in [0.717, 1.165) is 6.07 Å². The maximum atomic E-state index is 14.2. The Bertz CT molecular complexity index is 1780. The quantitative estimate of drug-likeness (QED) is 0.110. The van der Waals surface area contributed by atoms with Crippen molar-refractivity contribution in [1.29, 1.82) is 0 Å². The summed E-state index contributed by atoms with van der Waals surface area (Å²) in [6, 6.07) is 7.86. The molecule has 2 aromatic carbocycles. The molecule has 15 atom stereocenters. The van der Waals surface area contributed by atoms with Gasteiger partial charge in [0.15, 0.2) is 24.4 Å². The van der Waals surface area contributed by atoms with Gasteiger partial charge in [0.2, 0.25) is 17.5 Å². The zero-order valence-electron chi connectivity index (χ0n) is 28.5. The number of aliphatic hydroxyl groups excluding tert-OH is 8. The standard InChI is InChI=1S/C34H42O19/c1-11-20(37)24(41)27(44)32(48-11)47-10-18-22(39)26(43)31(53-33-28(45)25(42)21(38)12(2)49-33)34(51-18)52-30-23(40)19-16(36)8-15(46-3)9-17(19)50-29(30)13-4-6-14(35)7-5-13/h4-9,11-12,18,20-22,24-28,31-39,41-45H,10H2,1-3H3/t11-,12-,18?,20-,21-,22?,24+,25+,26?,27+,28+,31?,32+,33-,34?/m0/s1. The zero-order valence-corrected chi connectivity index (χ0v) is 28.5. The van der Waals surface area contributed by atoms with Crippen molar-refractivity contribution < 1.29 is 88.6 Å². The summed E-state index contributed by atoms with van der Waals surface area (Å²) in [4.78, 5) is 14.2. The minimum atomic E-state index is -1.98. The number of rotatable bonds is 9. The SMILES string of the molecule is COc1cc(O)c2c(=O)c(OC3OC(CO[C@@H]4O[C@@H](C)[C@H](O)[C@@H](O)[C@H]4O)C(O)C(O)C3O[C@@H]3O[C@@H](C)[C@H](O)[C@@H](O)[C@H]3O)c(-c3ccc(O)cc3)oc2c1. The fraction of sp³-hybridized carbons (Fsp3) is 0.559. The predicted molar refractivity (Wildman–Crippen MR) is 175 cm³/mol. The molecule has 0 radical (unpaired) electrons. The third kappa shape index (κ3) is 7.54. The molecule has 3 saturated heterocycles. The number of hydrogen-bond acceptors (Lipinski definition) is 19. The number of methoxy groups -OCH3 is 1. The minimum Gasteiger partial charge on any atom is -0.508 e. The van der Waals surface area contributed by atoms with Crippen molar-refractivity contribution in [3.05, 3.63) is 46.6 Å². The molecule has 0 bridgehead atoms. The van der Waals surface area contributed by atoms with Crippen molar-refractivity contribution in [2.45, 2.75) is 106 Å². The molecule has 0 saturated carbocycles. The molecule has 19 heteroatoms. The van der Waals surface area contributed by atoms with Gasteiger partial charge in [0, 0.05) is 17.7 Å². The smallest absolute Gasteiger partial charge is 0.239 e. The Balaban J connectivity index is 1.39. The van der Waals surface area contributed by atoms with Crippen molar-refractivity contribution in [1.82, 2.24) is 0 Å². The molecule has 292 valence electrons. The summed E-state index contributed by atoms with van der Waals surface area (Å²) in [5.74, 6) is -1.41. The highest BCUT2D eigenvalue weighted by Gasteiger charge is 2.52. The van der Waals surface area contributed by atoms with Gasteiger partial charge in [0.1, 0.15) is 83.2 Å². The molecular weight excluding hydrogens is 712 g/mol. The monoisotopic (exact) mass is 754 g/mol. The van der Waals surface area contributed by atoms with E-state index in [-0.39, 0.29) is 33.8 Å². The second kappa shape index (κ2) is 15.6. The third-order valence-corrected chi connectivity index (χ3v) is 9.48. The minimum absolute atomic E-state index is 0.126. The molecule has 6 rings (SSSR count). The largest absolute Gasteiger partial charge is 0.508 e. The van der Waals surface area contributed by atoms with Crippen LogP contribution < -0.4 is 14.9 Å². The van der Waals surface area contributed by atoms with Crippen molar-refractivity contribution in [3.63, 3.8) is 0 Å². The molecular formula is C34H42O19. The zero-order chi connectivity index (χ0) is 38.5. The van der Waals surface area contributed by atoms with E-state index in [1.807, 2.05) is 0 Å². The molecule has 0 amide bonds. The molecule has 10 N–H and O–H groups in total. The third-order valence-electron chi connectivity index (χ3n) is 9.48. The number of aliphatic hydroxyl groups is 8. The first-order chi connectivity index (χ1) is 25.1. The number of benzene rings is 2. The van der Waals surface area contributed by atoms with Crippen LogP contribution in [0.15, 0.2) is 45.6 Å². The molecule has 0 aliphatic carbocycles. The Labute approximate surface area is 300 Å². The van der Waals surface area contributed by atoms with Crippen LogP contribution in [-0.2, 0) is 23.7 Å². The van der Waals surface area contributed by atoms with E-state index in [4.69, 9.17) is 37.6 Å². The van der Waals surface area contributed by atoms with Gasteiger partial charge in [-0.05, 0) is 38.1 Å². The van der Waals surface area contributed by atoms with Gasteiger partial charge < -0.3 is 88.6 Å². The average Bonchev–Trinajstić information content (AvgIpc) is 3.13. The number of aromatic hydroxyl groups is 2. The average molecular weight is 755 g/mol. The topological polar surface area (TPSA) is 297 Å². The van der Waals surface area contributed by atoms with E-state index in [2.05, 4.69) is 0 Å². The van der Waals surface area contributed by atoms with Crippen LogP contribution in [0.3, 0.4) is 0 Å². The molecule has 19 nitrogen and oxygen atoms in total. The molecule has 5 unspecified atom stereocenters. The van der Waals surface area contributed by atoms with E-state index < -0.39 is 116 Å². The van der Waals surface area contributed by atoms with E-state index in [9.17, 15) is 55.9 Å². The van der Waals surface area contributed by atoms with Gasteiger partial charge >= 0.3 is 0 Å². The summed E-state index contributed by atoms with van der Waals surface area (Å²) >= 11 is 0. The lowest BCUT2D eigenvalue weighted by Crippen LogP contribution is -2.65. The lowest BCUT2D eigenvalue weighted by molar-refractivity contribution is -0.360. The highest BCUT2D eigenvalue weighted by molar-refractivity contribution is 5.88. The van der Waals surface area contributed by atoms with Gasteiger partial charge in [-0.3, -0.25) is 4.79 Å². The second-order valence-electron chi connectivity index (χ2n) is 13.1. The first kappa shape index (κ1) is 39.0. The summed E-state index contributed by atoms with van der Waals surface area (Å²) in [6.07, 6.45) is -24.5. The van der Waals surface area contributed by atoms with Gasteiger partial charge in [0.25, 0.3) is 0 Å². The summed E-state index contributed by atoms with van der Waals surface area (Å²) in [5.41, 5.74) is -0.899. The van der Waals surface area contributed by atoms with Crippen LogP contribution in [0.4, 0.5) is 0 Å². The Morgan fingerprint density at radius 1 is 0.698 bits per heavy atom. The summed E-state index contributed by atoms with van der Waals surface area (Å²) in [7, 11) is 1.33. The number of fused-ring (bicyclic) bond motifs is 1. The maximum absolute atomic E-state index is 14.2. The summed E-state index contributed by atoms with van der Waals surface area (Å²) in [6.45, 7) is 2.15. The van der Waals surface area contributed by atoms with Gasteiger partial charge in [-0.2, -0.15) is 0 Å². The number of phenolic OH excluding ortho intramolecular Hbond substituents is 2. The molecule has 4 heterocycles. The molecule has 53 heavy (non-hydrogen) atoms. The summed E-state index contributed by atoms with van der Waals surface area (Å²) in [5, 5.41) is 105. The molecule has 3 aromatic rings. The normalized spacial score (nSPS) is 37.8. The second-order valence-corrected chi connectivity index (χ2v) is 13.1. The van der Waals surface area contributed by atoms with Crippen LogP contribution >= 0.6 is 0 Å². The van der Waals surface area contributed by atoms with Gasteiger partial charge in [-0.15, -0.1) is 0 Å². The lowest BCUT2D eigenvalue weighted by atomic mass is 9.97. The van der Waals surface area contributed by atoms with Crippen molar-refractivity contribution >= 4 is 11.0 Å². The van der Waals surface area contributed by atoms with E-state index >= 15 is 0 Å². The van der Waals surface area contributed by atoms with Gasteiger partial charge in [-0.25, -0.2) is 0 Å². The van der Waals surface area contributed by atoms with E-state index in [1.54, 1.807) is 0 Å². The van der Waals surface area contributed by atoms with Crippen LogP contribution in [0.1, 0.15) is 13.8 Å². The highest BCUT2D eigenvalue weighted by Crippen LogP contribution is 2.39. The fourth-order valence-electron chi connectivity index (χ4n) is 6.31. The van der Waals surface area contributed by atoms with Crippen LogP contribution in [0.25, 0.3) is 22.3 Å².